The number of alkyl halides is 5. The maximum Gasteiger partial charge on any atom is 0.416 e. The lowest BCUT2D eigenvalue weighted by Crippen LogP contribution is -2.36. The molecule has 4 rings (SSSR count). The van der Waals surface area contributed by atoms with E-state index in [9.17, 15) is 35.2 Å². The van der Waals surface area contributed by atoms with E-state index in [1.165, 1.54) is 41.3 Å². The van der Waals surface area contributed by atoms with Crippen LogP contribution in [0.15, 0.2) is 77.7 Å². The van der Waals surface area contributed by atoms with Crippen molar-refractivity contribution in [2.75, 3.05) is 23.7 Å². The van der Waals surface area contributed by atoms with Gasteiger partial charge in [0.1, 0.15) is 5.75 Å². The van der Waals surface area contributed by atoms with Crippen LogP contribution < -0.4 is 15.0 Å². The maximum absolute atomic E-state index is 14.6. The van der Waals surface area contributed by atoms with Gasteiger partial charge in [0.2, 0.25) is 0 Å². The van der Waals surface area contributed by atoms with E-state index in [1.807, 2.05) is 0 Å². The lowest BCUT2D eigenvalue weighted by Gasteiger charge is -2.19. The highest BCUT2D eigenvalue weighted by molar-refractivity contribution is 7.91. The molecule has 1 amide bonds. The van der Waals surface area contributed by atoms with Crippen LogP contribution in [0.1, 0.15) is 28.4 Å². The lowest BCUT2D eigenvalue weighted by atomic mass is 10.1. The zero-order valence-electron chi connectivity index (χ0n) is 20.7. The van der Waals surface area contributed by atoms with E-state index in [0.717, 1.165) is 24.3 Å². The first-order valence-electron chi connectivity index (χ1n) is 11.9. The molecule has 0 bridgehead atoms. The number of halogens is 5. The van der Waals surface area contributed by atoms with Gasteiger partial charge in [-0.05, 0) is 66.2 Å². The van der Waals surface area contributed by atoms with Crippen LogP contribution in [0.2, 0.25) is 0 Å². The van der Waals surface area contributed by atoms with Crippen LogP contribution in [0.25, 0.3) is 0 Å². The molecule has 1 N–H and O–H groups in total. The fourth-order valence-corrected chi connectivity index (χ4v) is 4.93. The molecule has 1 fully saturated rings. The smallest absolute Gasteiger partial charge is 0.416 e. The molecular weight excluding hydrogens is 543 g/mol. The average Bonchev–Trinajstić information content (AvgIpc) is 3.21. The van der Waals surface area contributed by atoms with Gasteiger partial charge in [0.25, 0.3) is 5.91 Å². The van der Waals surface area contributed by atoms with Crippen LogP contribution in [-0.2, 0) is 22.6 Å². The summed E-state index contributed by atoms with van der Waals surface area (Å²) in [4.78, 5) is 14.1. The van der Waals surface area contributed by atoms with Gasteiger partial charge in [-0.2, -0.15) is 13.2 Å². The molecule has 1 aliphatic rings. The summed E-state index contributed by atoms with van der Waals surface area (Å²) in [7, 11) is -3.32. The first-order valence-corrected chi connectivity index (χ1v) is 13.6. The van der Waals surface area contributed by atoms with Crippen molar-refractivity contribution in [2.24, 2.45) is 0 Å². The number of sulfone groups is 1. The van der Waals surface area contributed by atoms with Crippen LogP contribution in [0.5, 0.6) is 5.75 Å². The van der Waals surface area contributed by atoms with Crippen LogP contribution in [0.4, 0.5) is 27.6 Å². The Bertz CT molecular complexity index is 1410. The molecule has 0 saturated carbocycles. The molecule has 1 saturated heterocycles. The van der Waals surface area contributed by atoms with Gasteiger partial charge in [0.05, 0.1) is 29.3 Å². The number of ether oxygens (including phenoxy) is 1. The number of carbonyl (C=O) groups is 1. The van der Waals surface area contributed by atoms with Crippen molar-refractivity contribution in [3.05, 3.63) is 89.5 Å². The van der Waals surface area contributed by atoms with Gasteiger partial charge in [0.15, 0.2) is 15.9 Å². The predicted molar refractivity (Wildman–Crippen MR) is 135 cm³/mol. The van der Waals surface area contributed by atoms with Gasteiger partial charge in [0, 0.05) is 17.8 Å². The zero-order valence-corrected chi connectivity index (χ0v) is 21.5. The number of nitrogens with one attached hydrogen (secondary N) is 1. The molecule has 1 heterocycles. The van der Waals surface area contributed by atoms with E-state index in [-0.39, 0.29) is 29.5 Å². The molecule has 0 radical (unpaired) electrons. The fraction of sp³-hybridized carbons (Fsp3) is 0.296. The Kier molecular flexibility index (Phi) is 7.87. The second-order valence-electron chi connectivity index (χ2n) is 9.05. The molecule has 1 aliphatic heterocycles. The number of hydrogen-bond donors (Lipinski definition) is 1. The van der Waals surface area contributed by atoms with Crippen molar-refractivity contribution in [1.29, 1.82) is 0 Å². The second kappa shape index (κ2) is 10.8. The molecular formula is C27H25F5N2O4S. The Morgan fingerprint density at radius 2 is 1.62 bits per heavy atom. The first kappa shape index (κ1) is 28.3. The SMILES string of the molecule is CCS(=O)(=O)c1ccc(CNC(=O)c2ccc(N3CC(Oc4ccc(C(F)(F)F)cc4)C(F)(F)C3)cc2)cc1. The van der Waals surface area contributed by atoms with Crippen LogP contribution in [0.3, 0.4) is 0 Å². The Balaban J connectivity index is 1.35. The van der Waals surface area contributed by atoms with E-state index in [4.69, 9.17) is 4.74 Å². The van der Waals surface area contributed by atoms with Crippen molar-refractivity contribution in [3.63, 3.8) is 0 Å². The molecule has 12 heteroatoms. The minimum absolute atomic E-state index is 0.0129. The fourth-order valence-electron chi connectivity index (χ4n) is 4.05. The van der Waals surface area contributed by atoms with E-state index in [0.29, 0.717) is 16.8 Å². The summed E-state index contributed by atoms with van der Waals surface area (Å²) < 4.78 is 96.6. The summed E-state index contributed by atoms with van der Waals surface area (Å²) in [6.07, 6.45) is -6.11. The quantitative estimate of drug-likeness (QED) is 0.372. The van der Waals surface area contributed by atoms with Crippen molar-refractivity contribution in [3.8, 4) is 5.75 Å². The van der Waals surface area contributed by atoms with E-state index >= 15 is 0 Å². The highest BCUT2D eigenvalue weighted by atomic mass is 32.2. The molecule has 208 valence electrons. The lowest BCUT2D eigenvalue weighted by molar-refractivity contribution is -0.137. The van der Waals surface area contributed by atoms with Gasteiger partial charge in [-0.25, -0.2) is 17.2 Å². The monoisotopic (exact) mass is 568 g/mol. The predicted octanol–water partition coefficient (Wildman–Crippen LogP) is 5.33. The van der Waals surface area contributed by atoms with Crippen molar-refractivity contribution in [2.45, 2.75) is 36.6 Å². The third kappa shape index (κ3) is 6.67. The van der Waals surface area contributed by atoms with Crippen LogP contribution in [0, 0.1) is 0 Å². The molecule has 0 aromatic heterocycles. The van der Waals surface area contributed by atoms with Gasteiger partial charge >= 0.3 is 12.1 Å². The summed E-state index contributed by atoms with van der Waals surface area (Å²) in [5.74, 6) is -3.77. The van der Waals surface area contributed by atoms with Crippen molar-refractivity contribution >= 4 is 21.4 Å². The van der Waals surface area contributed by atoms with Crippen LogP contribution in [-0.4, -0.2) is 45.2 Å². The van der Waals surface area contributed by atoms with E-state index in [1.54, 1.807) is 19.1 Å². The molecule has 1 atom stereocenters. The van der Waals surface area contributed by atoms with Crippen molar-refractivity contribution < 1.29 is 39.9 Å². The average molecular weight is 569 g/mol. The van der Waals surface area contributed by atoms with Crippen molar-refractivity contribution in [1.82, 2.24) is 5.32 Å². The Morgan fingerprint density at radius 3 is 2.18 bits per heavy atom. The number of anilines is 1. The third-order valence-corrected chi connectivity index (χ3v) is 8.08. The summed E-state index contributed by atoms with van der Waals surface area (Å²) >= 11 is 0. The van der Waals surface area contributed by atoms with E-state index < -0.39 is 46.1 Å². The standard InChI is InChI=1S/C27H25F5N2O4S/c1-2-39(36,37)23-13-3-18(4-14-23)15-33-25(35)19-5-9-21(10-6-19)34-16-24(26(28,29)17-34)38-22-11-7-20(8-12-22)27(30,31)32/h3-14,24H,2,15-17H2,1H3,(H,33,35). The number of nitrogens with zero attached hydrogens (tertiary/aromatic N) is 1. The second-order valence-corrected chi connectivity index (χ2v) is 11.3. The first-order chi connectivity index (χ1) is 18.3. The number of rotatable bonds is 8. The summed E-state index contributed by atoms with van der Waals surface area (Å²) in [5.41, 5.74) is 0.525. The minimum Gasteiger partial charge on any atom is -0.482 e. The number of carbonyl (C=O) groups excluding carboxylic acids is 1. The molecule has 3 aromatic carbocycles. The molecule has 0 spiro atoms. The topological polar surface area (TPSA) is 75.7 Å². The molecule has 6 nitrogen and oxygen atoms in total. The highest BCUT2D eigenvalue weighted by Gasteiger charge is 2.50. The summed E-state index contributed by atoms with van der Waals surface area (Å²) in [5, 5.41) is 2.72. The maximum atomic E-state index is 14.6. The van der Waals surface area contributed by atoms with Gasteiger partial charge in [-0.15, -0.1) is 0 Å². The van der Waals surface area contributed by atoms with Crippen LogP contribution >= 0.6 is 0 Å². The van der Waals surface area contributed by atoms with Gasteiger partial charge in [-0.3, -0.25) is 4.79 Å². The largest absolute Gasteiger partial charge is 0.482 e. The third-order valence-electron chi connectivity index (χ3n) is 6.33. The number of amides is 1. The molecule has 0 aliphatic carbocycles. The number of benzene rings is 3. The molecule has 1 unspecified atom stereocenters. The zero-order chi connectivity index (χ0) is 28.4. The Hall–Kier alpha value is -3.67. The Labute approximate surface area is 222 Å². The molecule has 39 heavy (non-hydrogen) atoms. The summed E-state index contributed by atoms with van der Waals surface area (Å²) in [6, 6.07) is 15.8. The van der Waals surface area contributed by atoms with Gasteiger partial charge < -0.3 is 15.0 Å². The normalized spacial score (nSPS) is 17.2. The Morgan fingerprint density at radius 1 is 1.00 bits per heavy atom. The molecule has 3 aromatic rings. The van der Waals surface area contributed by atoms with E-state index in [2.05, 4.69) is 5.32 Å². The number of hydrogen-bond acceptors (Lipinski definition) is 5. The minimum atomic E-state index is -4.54. The summed E-state index contributed by atoms with van der Waals surface area (Å²) in [6.45, 7) is 0.852. The highest BCUT2D eigenvalue weighted by Crippen LogP contribution is 2.35. The van der Waals surface area contributed by atoms with Gasteiger partial charge in [-0.1, -0.05) is 19.1 Å².